The Morgan fingerprint density at radius 1 is 1.64 bits per heavy atom. The van der Waals surface area contributed by atoms with Crippen LogP contribution in [0.1, 0.15) is 6.92 Å². The van der Waals surface area contributed by atoms with Crippen LogP contribution in [0.3, 0.4) is 0 Å². The first-order valence-corrected chi connectivity index (χ1v) is 4.61. The topological polar surface area (TPSA) is 39.8 Å². The first-order chi connectivity index (χ1) is 5.20. The molecule has 62 valence electrons. The van der Waals surface area contributed by atoms with E-state index < -0.39 is 0 Å². The second-order valence-corrected chi connectivity index (χ2v) is 2.92. The van der Waals surface area contributed by atoms with Gasteiger partial charge in [0.05, 0.1) is 0 Å². The van der Waals surface area contributed by atoms with Crippen LogP contribution in [0.25, 0.3) is 0 Å². The molecule has 0 atom stereocenters. The molecule has 1 heterocycles. The van der Waals surface area contributed by atoms with E-state index in [0.29, 0.717) is 6.54 Å². The summed E-state index contributed by atoms with van der Waals surface area (Å²) >= 11 is 1.48. The Hall–Kier alpha value is -0.710. The SMILES string of the molecule is CCn1nc(SC)n(C)c1=O. The summed E-state index contributed by atoms with van der Waals surface area (Å²) in [5.41, 5.74) is -0.0446. The summed E-state index contributed by atoms with van der Waals surface area (Å²) in [4.78, 5) is 11.2. The van der Waals surface area contributed by atoms with Crippen LogP contribution in [0, 0.1) is 0 Å². The molecule has 4 nitrogen and oxygen atoms in total. The number of rotatable bonds is 2. The van der Waals surface area contributed by atoms with Gasteiger partial charge in [0, 0.05) is 13.6 Å². The molecule has 0 aliphatic rings. The highest BCUT2D eigenvalue weighted by atomic mass is 32.2. The van der Waals surface area contributed by atoms with Crippen LogP contribution in [-0.2, 0) is 13.6 Å². The molecule has 0 unspecified atom stereocenters. The van der Waals surface area contributed by atoms with Crippen molar-refractivity contribution in [1.82, 2.24) is 14.3 Å². The van der Waals surface area contributed by atoms with Crippen molar-refractivity contribution < 1.29 is 0 Å². The number of aromatic nitrogens is 3. The number of thioether (sulfide) groups is 1. The molecule has 1 aromatic heterocycles. The molecule has 0 bridgehead atoms. The van der Waals surface area contributed by atoms with Gasteiger partial charge in [-0.25, -0.2) is 9.48 Å². The maximum absolute atomic E-state index is 11.2. The van der Waals surface area contributed by atoms with Gasteiger partial charge in [0.2, 0.25) is 0 Å². The van der Waals surface area contributed by atoms with E-state index in [0.717, 1.165) is 5.16 Å². The number of nitrogens with zero attached hydrogens (tertiary/aromatic N) is 3. The van der Waals surface area contributed by atoms with Crippen molar-refractivity contribution in [2.24, 2.45) is 7.05 Å². The summed E-state index contributed by atoms with van der Waals surface area (Å²) in [5, 5.41) is 4.84. The summed E-state index contributed by atoms with van der Waals surface area (Å²) in [6, 6.07) is 0. The summed E-state index contributed by atoms with van der Waals surface area (Å²) in [6.45, 7) is 2.53. The van der Waals surface area contributed by atoms with Crippen molar-refractivity contribution in [2.45, 2.75) is 18.6 Å². The van der Waals surface area contributed by atoms with Gasteiger partial charge in [-0.1, -0.05) is 11.8 Å². The van der Waals surface area contributed by atoms with Crippen molar-refractivity contribution in [3.8, 4) is 0 Å². The zero-order valence-corrected chi connectivity index (χ0v) is 7.68. The van der Waals surface area contributed by atoms with E-state index >= 15 is 0 Å². The molecule has 1 aromatic rings. The van der Waals surface area contributed by atoms with Gasteiger partial charge in [0.25, 0.3) is 0 Å². The average Bonchev–Trinajstić information content (AvgIpc) is 2.30. The summed E-state index contributed by atoms with van der Waals surface area (Å²) < 4.78 is 3.00. The molecular weight excluding hydrogens is 162 g/mol. The lowest BCUT2D eigenvalue weighted by Gasteiger charge is -1.88. The van der Waals surface area contributed by atoms with Crippen LogP contribution in [0.2, 0.25) is 0 Å². The number of hydrogen-bond donors (Lipinski definition) is 0. The number of hydrogen-bond acceptors (Lipinski definition) is 3. The van der Waals surface area contributed by atoms with Crippen molar-refractivity contribution in [2.75, 3.05) is 6.26 Å². The third-order valence-electron chi connectivity index (χ3n) is 1.48. The van der Waals surface area contributed by atoms with Crippen LogP contribution in [0.4, 0.5) is 0 Å². The highest BCUT2D eigenvalue weighted by Crippen LogP contribution is 2.06. The third kappa shape index (κ3) is 1.33. The quantitative estimate of drug-likeness (QED) is 0.605. The fourth-order valence-electron chi connectivity index (χ4n) is 0.852. The lowest BCUT2D eigenvalue weighted by molar-refractivity contribution is 0.618. The predicted octanol–water partition coefficient (Wildman–Crippen LogP) is 0.324. The van der Waals surface area contributed by atoms with Crippen LogP contribution in [0.15, 0.2) is 9.95 Å². The molecule has 0 spiro atoms. The van der Waals surface area contributed by atoms with Crippen LogP contribution in [-0.4, -0.2) is 20.6 Å². The lowest BCUT2D eigenvalue weighted by Crippen LogP contribution is -2.22. The Balaban J connectivity index is 3.23. The first-order valence-electron chi connectivity index (χ1n) is 3.38. The van der Waals surface area contributed by atoms with Gasteiger partial charge in [0.1, 0.15) is 0 Å². The molecule has 0 aliphatic carbocycles. The van der Waals surface area contributed by atoms with Crippen molar-refractivity contribution in [1.29, 1.82) is 0 Å². The minimum Gasteiger partial charge on any atom is -0.273 e. The van der Waals surface area contributed by atoms with E-state index in [-0.39, 0.29) is 5.69 Å². The first kappa shape index (κ1) is 8.39. The molecule has 11 heavy (non-hydrogen) atoms. The molecular formula is C6H11N3OS. The van der Waals surface area contributed by atoms with E-state index in [9.17, 15) is 4.79 Å². The van der Waals surface area contributed by atoms with Gasteiger partial charge in [-0.05, 0) is 13.2 Å². The predicted molar refractivity (Wildman–Crippen MR) is 44.9 cm³/mol. The highest BCUT2D eigenvalue weighted by molar-refractivity contribution is 7.98. The standard InChI is InChI=1S/C6H11N3OS/c1-4-9-6(10)8(2)5(7-9)11-3/h4H2,1-3H3. The van der Waals surface area contributed by atoms with E-state index in [4.69, 9.17) is 0 Å². The average molecular weight is 173 g/mol. The summed E-state index contributed by atoms with van der Waals surface area (Å²) in [5.74, 6) is 0. The minimum absolute atomic E-state index is 0.0446. The van der Waals surface area contributed by atoms with Gasteiger partial charge in [-0.2, -0.15) is 0 Å². The van der Waals surface area contributed by atoms with Crippen molar-refractivity contribution >= 4 is 11.8 Å². The highest BCUT2D eigenvalue weighted by Gasteiger charge is 2.05. The second kappa shape index (κ2) is 3.13. The Morgan fingerprint density at radius 2 is 2.27 bits per heavy atom. The molecule has 0 aliphatic heterocycles. The van der Waals surface area contributed by atoms with Crippen molar-refractivity contribution in [3.63, 3.8) is 0 Å². The van der Waals surface area contributed by atoms with E-state index in [2.05, 4.69) is 5.10 Å². The zero-order chi connectivity index (χ0) is 8.43. The Morgan fingerprint density at radius 3 is 2.55 bits per heavy atom. The largest absolute Gasteiger partial charge is 0.346 e. The minimum atomic E-state index is -0.0446. The van der Waals surface area contributed by atoms with Crippen LogP contribution < -0.4 is 5.69 Å². The fraction of sp³-hybridized carbons (Fsp3) is 0.667. The summed E-state index contributed by atoms with van der Waals surface area (Å²) in [6.07, 6.45) is 1.90. The normalized spacial score (nSPS) is 10.5. The molecule has 0 radical (unpaired) electrons. The molecule has 1 rings (SSSR count). The Kier molecular flexibility index (Phi) is 2.38. The lowest BCUT2D eigenvalue weighted by atomic mass is 10.8. The molecule has 5 heteroatoms. The van der Waals surface area contributed by atoms with E-state index in [1.54, 1.807) is 11.6 Å². The van der Waals surface area contributed by atoms with Gasteiger partial charge in [-0.3, -0.25) is 4.57 Å². The molecule has 0 fully saturated rings. The Labute approximate surface area is 69.2 Å². The molecule has 0 saturated heterocycles. The maximum atomic E-state index is 11.2. The van der Waals surface area contributed by atoms with Crippen molar-refractivity contribution in [3.05, 3.63) is 10.5 Å². The maximum Gasteiger partial charge on any atom is 0.346 e. The molecule has 0 amide bonds. The Bertz CT molecular complexity index is 301. The van der Waals surface area contributed by atoms with Gasteiger partial charge in [0.15, 0.2) is 5.16 Å². The van der Waals surface area contributed by atoms with Gasteiger partial charge in [-0.15, -0.1) is 5.10 Å². The van der Waals surface area contributed by atoms with E-state index in [1.807, 2.05) is 13.2 Å². The van der Waals surface area contributed by atoms with Crippen LogP contribution >= 0.6 is 11.8 Å². The second-order valence-electron chi connectivity index (χ2n) is 2.14. The summed E-state index contributed by atoms with van der Waals surface area (Å²) in [7, 11) is 1.73. The van der Waals surface area contributed by atoms with E-state index in [1.165, 1.54) is 16.4 Å². The zero-order valence-electron chi connectivity index (χ0n) is 6.87. The molecule has 0 aromatic carbocycles. The van der Waals surface area contributed by atoms with Gasteiger partial charge < -0.3 is 0 Å². The van der Waals surface area contributed by atoms with Gasteiger partial charge >= 0.3 is 5.69 Å². The monoisotopic (exact) mass is 173 g/mol. The van der Waals surface area contributed by atoms with Crippen LogP contribution in [0.5, 0.6) is 0 Å². The fourth-order valence-corrected chi connectivity index (χ4v) is 1.38. The number of aryl methyl sites for hydroxylation is 1. The molecule has 0 saturated carbocycles. The smallest absolute Gasteiger partial charge is 0.273 e. The molecule has 0 N–H and O–H groups in total. The third-order valence-corrected chi connectivity index (χ3v) is 2.20.